The van der Waals surface area contributed by atoms with Crippen LogP contribution in [0.2, 0.25) is 0 Å². The Morgan fingerprint density at radius 2 is 0.938 bits per heavy atom. The molecule has 0 nitrogen and oxygen atoms in total. The van der Waals surface area contributed by atoms with E-state index in [-0.39, 0.29) is 0 Å². The van der Waals surface area contributed by atoms with Gasteiger partial charge in [-0.2, -0.15) is 0 Å². The second kappa shape index (κ2) is 27.0. The molecule has 194 valence electrons. The van der Waals surface area contributed by atoms with Gasteiger partial charge in [0.25, 0.3) is 0 Å². The van der Waals surface area contributed by atoms with Crippen molar-refractivity contribution in [3.05, 3.63) is 12.7 Å². The van der Waals surface area contributed by atoms with Gasteiger partial charge in [0, 0.05) is 0 Å². The van der Waals surface area contributed by atoms with E-state index >= 15 is 0 Å². The molecule has 0 heterocycles. The molecule has 0 aliphatic heterocycles. The lowest BCUT2D eigenvalue weighted by molar-refractivity contribution is 0.233. The molecule has 0 heteroatoms. The van der Waals surface area contributed by atoms with E-state index in [2.05, 4.69) is 55.0 Å². The van der Waals surface area contributed by atoms with E-state index in [1.54, 1.807) is 0 Å². The Bertz CT molecular complexity index is 344. The smallest absolute Gasteiger partial charge is 0.0354 e. The lowest BCUT2D eigenvalue weighted by Crippen LogP contribution is -2.16. The quantitative estimate of drug-likeness (QED) is 0.114. The predicted molar refractivity (Wildman–Crippen MR) is 152 cm³/mol. The number of unbranched alkanes of at least 4 members (excludes halogenated alkanes) is 6. The third-order valence-electron chi connectivity index (χ3n) is 7.36. The van der Waals surface area contributed by atoms with E-state index in [0.29, 0.717) is 0 Å². The van der Waals surface area contributed by atoms with Gasteiger partial charge in [-0.1, -0.05) is 151 Å². The van der Waals surface area contributed by atoms with E-state index in [4.69, 9.17) is 0 Å². The molecule has 0 fully saturated rings. The molecule has 0 aromatic carbocycles. The Balaban J connectivity index is 0. The van der Waals surface area contributed by atoms with Crippen LogP contribution in [-0.4, -0.2) is 0 Å². The van der Waals surface area contributed by atoms with Gasteiger partial charge in [0.05, 0.1) is 0 Å². The number of hydrogen-bond donors (Lipinski definition) is 0. The minimum absolute atomic E-state index is 0.936. The van der Waals surface area contributed by atoms with Crippen molar-refractivity contribution in [1.82, 2.24) is 0 Å². The van der Waals surface area contributed by atoms with Crippen molar-refractivity contribution >= 4 is 0 Å². The number of allylic oxidation sites excluding steroid dienone is 1. The molecule has 4 atom stereocenters. The fourth-order valence-corrected chi connectivity index (χ4v) is 5.16. The summed E-state index contributed by atoms with van der Waals surface area (Å²) in [4.78, 5) is 0. The largest absolute Gasteiger partial charge is 0.103 e. The molecular weight excluding hydrogens is 384 g/mol. The van der Waals surface area contributed by atoms with Crippen LogP contribution in [0.15, 0.2) is 12.7 Å². The molecule has 0 rings (SSSR count). The second-order valence-electron chi connectivity index (χ2n) is 10.8. The lowest BCUT2D eigenvalue weighted by Gasteiger charge is -2.29. The third-order valence-corrected chi connectivity index (χ3v) is 7.36. The second-order valence-corrected chi connectivity index (χ2v) is 10.8. The molecular formula is C32H66. The van der Waals surface area contributed by atoms with Gasteiger partial charge in [-0.25, -0.2) is 0 Å². The van der Waals surface area contributed by atoms with Crippen molar-refractivity contribution in [3.8, 4) is 0 Å². The summed E-state index contributed by atoms with van der Waals surface area (Å²) < 4.78 is 0. The Hall–Kier alpha value is -0.260. The highest BCUT2D eigenvalue weighted by atomic mass is 14.3. The Kier molecular flexibility index (Phi) is 28.6. The van der Waals surface area contributed by atoms with Gasteiger partial charge < -0.3 is 0 Å². The van der Waals surface area contributed by atoms with Crippen LogP contribution in [0.1, 0.15) is 170 Å². The molecule has 0 unspecified atom stereocenters. The summed E-state index contributed by atoms with van der Waals surface area (Å²) in [5, 5.41) is 0. The summed E-state index contributed by atoms with van der Waals surface area (Å²) in [5.41, 5.74) is 0. The fourth-order valence-electron chi connectivity index (χ4n) is 5.16. The monoisotopic (exact) mass is 451 g/mol. The molecule has 0 N–H and O–H groups in total. The average Bonchev–Trinajstić information content (AvgIpc) is 2.80. The van der Waals surface area contributed by atoms with Crippen LogP contribution in [0.5, 0.6) is 0 Å². The molecule has 32 heavy (non-hydrogen) atoms. The highest BCUT2D eigenvalue weighted by Crippen LogP contribution is 2.34. The zero-order chi connectivity index (χ0) is 24.5. The van der Waals surface area contributed by atoms with E-state index in [9.17, 15) is 0 Å². The molecule has 0 aliphatic rings. The summed E-state index contributed by atoms with van der Waals surface area (Å²) in [7, 11) is 0. The van der Waals surface area contributed by atoms with Gasteiger partial charge >= 0.3 is 0 Å². The number of rotatable bonds is 22. The number of hydrogen-bond acceptors (Lipinski definition) is 0. The van der Waals surface area contributed by atoms with Crippen LogP contribution in [0.3, 0.4) is 0 Å². The van der Waals surface area contributed by atoms with Crippen LogP contribution in [0.4, 0.5) is 0 Å². The first-order valence-corrected chi connectivity index (χ1v) is 15.1. The summed E-state index contributed by atoms with van der Waals surface area (Å²) in [6.45, 7) is 20.1. The minimum Gasteiger partial charge on any atom is -0.103 e. The standard InChI is InChI=1S/C26H54.C6H12/c1-7-12-16-23(6)20-25(18-14-9-3)22-26(19-15-10-4)21-24(11-5)17-13-8-2;1-3-5-6-4-2/h23-26H,7-22H2,1-6H3;3H,1,4-6H2,2H3/t23-,24+,25+,26-;/m1./s1. The molecule has 0 aliphatic carbocycles. The summed E-state index contributed by atoms with van der Waals surface area (Å²) in [5.74, 6) is 3.91. The van der Waals surface area contributed by atoms with Gasteiger partial charge in [-0.05, 0) is 49.4 Å². The summed E-state index contributed by atoms with van der Waals surface area (Å²) in [6.07, 6.45) is 28.8. The topological polar surface area (TPSA) is 0 Å². The van der Waals surface area contributed by atoms with E-state index in [1.165, 1.54) is 122 Å². The maximum absolute atomic E-state index is 3.60. The van der Waals surface area contributed by atoms with Gasteiger partial charge in [0.15, 0.2) is 0 Å². The van der Waals surface area contributed by atoms with Crippen molar-refractivity contribution in [2.75, 3.05) is 0 Å². The van der Waals surface area contributed by atoms with Crippen LogP contribution in [0.25, 0.3) is 0 Å². The maximum Gasteiger partial charge on any atom is -0.0354 e. The Labute approximate surface area is 206 Å². The van der Waals surface area contributed by atoms with Crippen LogP contribution in [-0.2, 0) is 0 Å². The minimum atomic E-state index is 0.936. The molecule has 0 aromatic heterocycles. The van der Waals surface area contributed by atoms with Crippen molar-refractivity contribution in [1.29, 1.82) is 0 Å². The molecule has 0 radical (unpaired) electrons. The summed E-state index contributed by atoms with van der Waals surface area (Å²) in [6, 6.07) is 0. The van der Waals surface area contributed by atoms with Gasteiger partial charge in [-0.3, -0.25) is 0 Å². The fraction of sp³-hybridized carbons (Fsp3) is 0.938. The molecule has 0 bridgehead atoms. The molecule has 0 saturated carbocycles. The van der Waals surface area contributed by atoms with Crippen molar-refractivity contribution in [2.45, 2.75) is 170 Å². The van der Waals surface area contributed by atoms with Gasteiger partial charge in [0.1, 0.15) is 0 Å². The zero-order valence-electron chi connectivity index (χ0n) is 24.0. The van der Waals surface area contributed by atoms with E-state index < -0.39 is 0 Å². The highest BCUT2D eigenvalue weighted by Gasteiger charge is 2.21. The van der Waals surface area contributed by atoms with Crippen LogP contribution < -0.4 is 0 Å². The van der Waals surface area contributed by atoms with Crippen molar-refractivity contribution in [3.63, 3.8) is 0 Å². The first-order valence-electron chi connectivity index (χ1n) is 15.1. The predicted octanol–water partition coefficient (Wildman–Crippen LogP) is 12.2. The molecule has 0 amide bonds. The Morgan fingerprint density at radius 3 is 1.34 bits per heavy atom. The zero-order valence-corrected chi connectivity index (χ0v) is 24.0. The van der Waals surface area contributed by atoms with E-state index in [1.807, 2.05) is 6.08 Å². The van der Waals surface area contributed by atoms with E-state index in [0.717, 1.165) is 23.7 Å². The third kappa shape index (κ3) is 22.9. The van der Waals surface area contributed by atoms with Crippen LogP contribution in [0, 0.1) is 23.7 Å². The highest BCUT2D eigenvalue weighted by molar-refractivity contribution is 4.73. The summed E-state index contributed by atoms with van der Waals surface area (Å²) >= 11 is 0. The van der Waals surface area contributed by atoms with Gasteiger partial charge in [0.2, 0.25) is 0 Å². The Morgan fingerprint density at radius 1 is 0.531 bits per heavy atom. The SMILES string of the molecule is C=CCCCC.CCCC[C@@H](C)C[C@H](CCCC)C[C@H](CCCC)C[C@@H](CC)CCCC. The normalized spacial score (nSPS) is 14.8. The van der Waals surface area contributed by atoms with Crippen molar-refractivity contribution in [2.24, 2.45) is 23.7 Å². The molecule has 0 aromatic rings. The van der Waals surface area contributed by atoms with Crippen LogP contribution >= 0.6 is 0 Å². The molecule has 0 spiro atoms. The van der Waals surface area contributed by atoms with Gasteiger partial charge in [-0.15, -0.1) is 6.58 Å². The van der Waals surface area contributed by atoms with Crippen molar-refractivity contribution < 1.29 is 0 Å². The average molecular weight is 451 g/mol. The first-order chi connectivity index (χ1) is 15.5. The first kappa shape index (κ1) is 33.9. The lowest BCUT2D eigenvalue weighted by atomic mass is 9.77. The maximum atomic E-state index is 3.60. The molecule has 0 saturated heterocycles.